The highest BCUT2D eigenvalue weighted by Gasteiger charge is 2.12. The van der Waals surface area contributed by atoms with Gasteiger partial charge >= 0.3 is 0 Å². The second-order valence-corrected chi connectivity index (χ2v) is 7.95. The quantitative estimate of drug-likeness (QED) is 0.195. The van der Waals surface area contributed by atoms with Gasteiger partial charge in [-0.25, -0.2) is 4.85 Å². The van der Waals surface area contributed by atoms with Crippen LogP contribution in [0.5, 0.6) is 0 Å². The topological polar surface area (TPSA) is 48.0 Å². The molecule has 0 spiro atoms. The van der Waals surface area contributed by atoms with E-state index in [0.29, 0.717) is 5.69 Å². The standard InChI is InChI=1S/C24H25N5S/c1-4-5-6-7-8-9-10-20-15-21(17-26-16-20)23-27-28-24(29(23)3)30-18-19-11-13-22(25-2)14-12-19/h11-17H,4-8,18H2,1,3H3. The Morgan fingerprint density at radius 3 is 2.70 bits per heavy atom. The Hall–Kier alpha value is -3.09. The van der Waals surface area contributed by atoms with Crippen LogP contribution >= 0.6 is 11.8 Å². The minimum atomic E-state index is 0.654. The fourth-order valence-electron chi connectivity index (χ4n) is 2.94. The zero-order valence-corrected chi connectivity index (χ0v) is 18.2. The van der Waals surface area contributed by atoms with Gasteiger partial charge in [-0.2, -0.15) is 0 Å². The molecule has 2 heterocycles. The van der Waals surface area contributed by atoms with Gasteiger partial charge in [-0.05, 0) is 18.1 Å². The zero-order valence-electron chi connectivity index (χ0n) is 17.4. The van der Waals surface area contributed by atoms with E-state index >= 15 is 0 Å². The first-order valence-electron chi connectivity index (χ1n) is 10.1. The average Bonchev–Trinajstić information content (AvgIpc) is 3.15. The summed E-state index contributed by atoms with van der Waals surface area (Å²) in [6, 6.07) is 9.66. The summed E-state index contributed by atoms with van der Waals surface area (Å²) < 4.78 is 1.98. The van der Waals surface area contributed by atoms with E-state index in [4.69, 9.17) is 6.57 Å². The molecule has 0 saturated carbocycles. The van der Waals surface area contributed by atoms with Crippen LogP contribution in [0.3, 0.4) is 0 Å². The van der Waals surface area contributed by atoms with E-state index in [9.17, 15) is 0 Å². The largest absolute Gasteiger partial charge is 0.305 e. The fourth-order valence-corrected chi connectivity index (χ4v) is 3.81. The van der Waals surface area contributed by atoms with Gasteiger partial charge in [-0.3, -0.25) is 4.98 Å². The van der Waals surface area contributed by atoms with Crippen LogP contribution in [0, 0.1) is 18.4 Å². The van der Waals surface area contributed by atoms with Crippen molar-refractivity contribution >= 4 is 17.4 Å². The lowest BCUT2D eigenvalue weighted by atomic mass is 10.1. The molecule has 0 N–H and O–H groups in total. The summed E-state index contributed by atoms with van der Waals surface area (Å²) in [5, 5.41) is 9.54. The maximum atomic E-state index is 7.03. The molecule has 0 radical (unpaired) electrons. The van der Waals surface area contributed by atoms with Gasteiger partial charge in [-0.1, -0.05) is 74.1 Å². The molecule has 0 aliphatic heterocycles. The SMILES string of the molecule is [C-]#[N+]c1ccc(CSc2nnc(-c3cncc(C#CCCCCCC)c3)n2C)cc1. The molecule has 5 nitrogen and oxygen atoms in total. The van der Waals surface area contributed by atoms with Gasteiger partial charge < -0.3 is 4.57 Å². The summed E-state index contributed by atoms with van der Waals surface area (Å²) in [5.41, 5.74) is 3.62. The molecule has 0 bridgehead atoms. The number of benzene rings is 1. The molecule has 0 fully saturated rings. The van der Waals surface area contributed by atoms with Crippen LogP contribution in [-0.4, -0.2) is 19.7 Å². The Bertz CT molecular complexity index is 1070. The molecule has 0 saturated heterocycles. The van der Waals surface area contributed by atoms with Crippen LogP contribution in [-0.2, 0) is 12.8 Å². The lowest BCUT2D eigenvalue weighted by molar-refractivity contribution is 0.679. The molecule has 3 aromatic rings. The summed E-state index contributed by atoms with van der Waals surface area (Å²) >= 11 is 1.62. The second kappa shape index (κ2) is 11.2. The van der Waals surface area contributed by atoms with Gasteiger partial charge in [0.25, 0.3) is 0 Å². The molecular formula is C24H25N5S. The van der Waals surface area contributed by atoms with Gasteiger partial charge in [-0.15, -0.1) is 10.2 Å². The van der Waals surface area contributed by atoms with Crippen molar-refractivity contribution in [3.63, 3.8) is 0 Å². The minimum absolute atomic E-state index is 0.654. The second-order valence-electron chi connectivity index (χ2n) is 7.01. The number of nitrogens with zero attached hydrogens (tertiary/aromatic N) is 5. The number of unbranched alkanes of at least 4 members (excludes halogenated alkanes) is 4. The average molecular weight is 416 g/mol. The van der Waals surface area contributed by atoms with E-state index in [2.05, 4.69) is 38.8 Å². The van der Waals surface area contributed by atoms with Crippen LogP contribution in [0.15, 0.2) is 47.9 Å². The fraction of sp³-hybridized carbons (Fsp3) is 0.333. The highest BCUT2D eigenvalue weighted by molar-refractivity contribution is 7.98. The first kappa shape index (κ1) is 21.6. The van der Waals surface area contributed by atoms with Crippen molar-refractivity contribution in [2.24, 2.45) is 7.05 Å². The molecule has 30 heavy (non-hydrogen) atoms. The van der Waals surface area contributed by atoms with Crippen molar-refractivity contribution in [2.75, 3.05) is 0 Å². The van der Waals surface area contributed by atoms with Gasteiger partial charge in [0.1, 0.15) is 0 Å². The molecule has 1 aromatic carbocycles. The van der Waals surface area contributed by atoms with Crippen LogP contribution in [0.25, 0.3) is 16.2 Å². The maximum Gasteiger partial charge on any atom is 0.191 e. The summed E-state index contributed by atoms with van der Waals surface area (Å²) in [4.78, 5) is 7.76. The van der Waals surface area contributed by atoms with Gasteiger partial charge in [0.2, 0.25) is 0 Å². The Kier molecular flexibility index (Phi) is 8.06. The number of pyridine rings is 1. The third-order valence-corrected chi connectivity index (χ3v) is 5.74. The minimum Gasteiger partial charge on any atom is -0.305 e. The summed E-state index contributed by atoms with van der Waals surface area (Å²) in [6.45, 7) is 9.25. The molecular weight excluding hydrogens is 390 g/mol. The van der Waals surface area contributed by atoms with E-state index in [1.165, 1.54) is 19.3 Å². The summed E-state index contributed by atoms with van der Waals surface area (Å²) in [7, 11) is 1.96. The number of rotatable bonds is 8. The smallest absolute Gasteiger partial charge is 0.191 e. The first-order valence-corrected chi connectivity index (χ1v) is 11.1. The van der Waals surface area contributed by atoms with Crippen LogP contribution in [0.4, 0.5) is 5.69 Å². The lowest BCUT2D eigenvalue weighted by Crippen LogP contribution is -1.96. The van der Waals surface area contributed by atoms with Crippen molar-refractivity contribution in [2.45, 2.75) is 49.9 Å². The highest BCUT2D eigenvalue weighted by atomic mass is 32.2. The molecule has 0 unspecified atom stereocenters. The van der Waals surface area contributed by atoms with Crippen molar-refractivity contribution in [1.29, 1.82) is 0 Å². The predicted molar refractivity (Wildman–Crippen MR) is 122 cm³/mol. The monoisotopic (exact) mass is 415 g/mol. The zero-order chi connectivity index (χ0) is 21.2. The number of hydrogen-bond acceptors (Lipinski definition) is 4. The normalized spacial score (nSPS) is 10.3. The van der Waals surface area contributed by atoms with E-state index in [1.54, 1.807) is 24.2 Å². The molecule has 2 aromatic heterocycles. The maximum absolute atomic E-state index is 7.03. The Labute approximate surface area is 182 Å². The summed E-state index contributed by atoms with van der Waals surface area (Å²) in [5.74, 6) is 8.02. The number of hydrogen-bond donors (Lipinski definition) is 0. The first-order chi connectivity index (χ1) is 14.7. The van der Waals surface area contributed by atoms with E-state index < -0.39 is 0 Å². The van der Waals surface area contributed by atoms with Crippen molar-refractivity contribution in [3.05, 3.63) is 65.3 Å². The number of thioether (sulfide) groups is 1. The van der Waals surface area contributed by atoms with E-state index in [1.807, 2.05) is 41.9 Å². The van der Waals surface area contributed by atoms with E-state index in [-0.39, 0.29) is 0 Å². The van der Waals surface area contributed by atoms with Gasteiger partial charge in [0.15, 0.2) is 16.7 Å². The molecule has 3 rings (SSSR count). The lowest BCUT2D eigenvalue weighted by Gasteiger charge is -2.04. The van der Waals surface area contributed by atoms with Crippen molar-refractivity contribution < 1.29 is 0 Å². The molecule has 0 aliphatic rings. The predicted octanol–water partition coefficient (Wildman–Crippen LogP) is 6.04. The molecule has 152 valence electrons. The van der Waals surface area contributed by atoms with Crippen LogP contribution in [0.2, 0.25) is 0 Å². The molecule has 0 amide bonds. The van der Waals surface area contributed by atoms with Crippen molar-refractivity contribution in [3.8, 4) is 23.2 Å². The molecule has 0 atom stereocenters. The Morgan fingerprint density at radius 1 is 1.10 bits per heavy atom. The third kappa shape index (κ3) is 5.95. The molecule has 6 heteroatoms. The van der Waals surface area contributed by atoms with E-state index in [0.717, 1.165) is 46.3 Å². The van der Waals surface area contributed by atoms with Crippen LogP contribution in [0.1, 0.15) is 50.2 Å². The number of aromatic nitrogens is 4. The van der Waals surface area contributed by atoms with Crippen molar-refractivity contribution in [1.82, 2.24) is 19.7 Å². The van der Waals surface area contributed by atoms with Gasteiger partial charge in [0.05, 0.1) is 6.57 Å². The summed E-state index contributed by atoms with van der Waals surface area (Å²) in [6.07, 6.45) is 9.43. The Morgan fingerprint density at radius 2 is 1.93 bits per heavy atom. The van der Waals surface area contributed by atoms with Crippen LogP contribution < -0.4 is 0 Å². The highest BCUT2D eigenvalue weighted by Crippen LogP contribution is 2.26. The van der Waals surface area contributed by atoms with Gasteiger partial charge in [0, 0.05) is 42.7 Å². The third-order valence-electron chi connectivity index (χ3n) is 4.65. The Balaban J connectivity index is 1.65. The molecule has 0 aliphatic carbocycles.